The first kappa shape index (κ1) is 33.7. The van der Waals surface area contributed by atoms with Crippen LogP contribution in [0.15, 0.2) is 64.6 Å². The fourth-order valence-electron chi connectivity index (χ4n) is 4.63. The Balaban J connectivity index is 2.44. The summed E-state index contributed by atoms with van der Waals surface area (Å²) >= 11 is 0. The molecule has 0 radical (unpaired) electrons. The van der Waals surface area contributed by atoms with Gasteiger partial charge in [0, 0.05) is 20.1 Å². The molecule has 2 aromatic carbocycles. The van der Waals surface area contributed by atoms with Crippen LogP contribution in [0.2, 0.25) is 0 Å². The van der Waals surface area contributed by atoms with E-state index in [0.29, 0.717) is 5.56 Å². The van der Waals surface area contributed by atoms with E-state index in [4.69, 9.17) is 5.21 Å². The van der Waals surface area contributed by atoms with Gasteiger partial charge in [-0.25, -0.2) is 13.2 Å². The Kier molecular flexibility index (Phi) is 11.9. The number of benzene rings is 2. The van der Waals surface area contributed by atoms with Gasteiger partial charge in [0.2, 0.25) is 15.9 Å². The maximum Gasteiger partial charge on any atom is 0.407 e. The minimum atomic E-state index is -4.05. The van der Waals surface area contributed by atoms with Crippen LogP contribution < -0.4 is 5.32 Å². The Labute approximate surface area is 242 Å². The molecule has 2 amide bonds. The van der Waals surface area contributed by atoms with Crippen LogP contribution in [0.1, 0.15) is 45.7 Å². The average molecular weight is 591 g/mol. The second-order valence-corrected chi connectivity index (χ2v) is 13.5. The molecule has 3 atom stereocenters. The Hall–Kier alpha value is -3.48. The number of hydrogen-bond donors (Lipinski definition) is 4. The van der Waals surface area contributed by atoms with Gasteiger partial charge in [-0.05, 0) is 41.0 Å². The Bertz CT molecular complexity index is 1280. The summed E-state index contributed by atoms with van der Waals surface area (Å²) in [6, 6.07) is 12.9. The van der Waals surface area contributed by atoms with Gasteiger partial charge in [-0.15, -0.1) is 0 Å². The Morgan fingerprint density at radius 2 is 1.61 bits per heavy atom. The molecule has 12 heteroatoms. The van der Waals surface area contributed by atoms with E-state index in [1.807, 2.05) is 44.2 Å². The summed E-state index contributed by atoms with van der Waals surface area (Å²) in [7, 11) is -2.74. The van der Waals surface area contributed by atoms with Crippen molar-refractivity contribution in [3.63, 3.8) is 0 Å². The SMILES string of the molecule is CC(C)CN(C[C@@H](O)[C@H](Cc1ccccc1)NC(=O)[C@@H](N(C)C(=O)O)C(C)(C)C)S(=O)(=O)c1ccc(/C=N/O)cc1. The van der Waals surface area contributed by atoms with Gasteiger partial charge in [0.25, 0.3) is 0 Å². The van der Waals surface area contributed by atoms with Crippen LogP contribution in [0, 0.1) is 11.3 Å². The van der Waals surface area contributed by atoms with E-state index in [1.165, 1.54) is 41.8 Å². The quantitative estimate of drug-likeness (QED) is 0.158. The number of nitrogens with one attached hydrogen (secondary N) is 1. The number of sulfonamides is 1. The van der Waals surface area contributed by atoms with Gasteiger partial charge >= 0.3 is 6.09 Å². The predicted octanol–water partition coefficient (Wildman–Crippen LogP) is 3.25. The number of amides is 2. The fraction of sp³-hybridized carbons (Fsp3) is 0.483. The number of rotatable bonds is 13. The Morgan fingerprint density at radius 3 is 2.10 bits per heavy atom. The summed E-state index contributed by atoms with van der Waals surface area (Å²) < 4.78 is 28.5. The van der Waals surface area contributed by atoms with Gasteiger partial charge in [-0.2, -0.15) is 4.31 Å². The minimum absolute atomic E-state index is 0.0000330. The molecule has 0 fully saturated rings. The number of hydrogen-bond acceptors (Lipinski definition) is 7. The summed E-state index contributed by atoms with van der Waals surface area (Å²) in [5.41, 5.74) is 0.543. The molecular formula is C29H42N4O7S. The zero-order valence-electron chi connectivity index (χ0n) is 24.4. The smallest absolute Gasteiger partial charge is 0.407 e. The van der Waals surface area contributed by atoms with Crippen molar-refractivity contribution in [1.82, 2.24) is 14.5 Å². The monoisotopic (exact) mass is 590 g/mol. The van der Waals surface area contributed by atoms with Gasteiger partial charge in [0.1, 0.15) is 6.04 Å². The molecule has 0 bridgehead atoms. The number of carbonyl (C=O) groups excluding carboxylic acids is 1. The third-order valence-electron chi connectivity index (χ3n) is 6.53. The van der Waals surface area contributed by atoms with Gasteiger partial charge in [0.05, 0.1) is 23.3 Å². The number of carbonyl (C=O) groups is 2. The summed E-state index contributed by atoms with van der Waals surface area (Å²) in [6.45, 7) is 8.74. The van der Waals surface area contributed by atoms with Crippen molar-refractivity contribution in [3.8, 4) is 0 Å². The van der Waals surface area contributed by atoms with Crippen LogP contribution in [0.25, 0.3) is 0 Å². The van der Waals surface area contributed by atoms with Crippen molar-refractivity contribution in [1.29, 1.82) is 0 Å². The van der Waals surface area contributed by atoms with E-state index in [0.717, 1.165) is 10.5 Å². The molecule has 0 spiro atoms. The van der Waals surface area contributed by atoms with Gasteiger partial charge < -0.3 is 20.7 Å². The molecule has 41 heavy (non-hydrogen) atoms. The standard InChI is InChI=1S/C29H42N4O7S/c1-20(2)18-33(41(39,40)23-14-12-22(13-15-23)17-30-38)19-25(34)24(16-21-10-8-7-9-11-21)31-27(35)26(29(3,4)5)32(6)28(36)37/h7-15,17,20,24-26,34,38H,16,18-19H2,1-6H3,(H,31,35)(H,36,37)/b30-17+/t24-,25+,26+/m0/s1. The van der Waals surface area contributed by atoms with Crippen LogP contribution in [0.4, 0.5) is 4.79 Å². The van der Waals surface area contributed by atoms with Crippen LogP contribution in [0.5, 0.6) is 0 Å². The van der Waals surface area contributed by atoms with Crippen LogP contribution in [0.3, 0.4) is 0 Å². The van der Waals surface area contributed by atoms with E-state index >= 15 is 0 Å². The molecule has 0 saturated carbocycles. The average Bonchev–Trinajstić information content (AvgIpc) is 2.88. The number of carboxylic acid groups (broad SMARTS) is 1. The van der Waals surface area contributed by atoms with E-state index < -0.39 is 45.6 Å². The molecule has 4 N–H and O–H groups in total. The maximum absolute atomic E-state index is 13.7. The highest BCUT2D eigenvalue weighted by Gasteiger charge is 2.39. The highest BCUT2D eigenvalue weighted by molar-refractivity contribution is 7.89. The summed E-state index contributed by atoms with van der Waals surface area (Å²) in [5, 5.41) is 35.6. The lowest BCUT2D eigenvalue weighted by Gasteiger charge is -2.37. The summed E-state index contributed by atoms with van der Waals surface area (Å²) in [4.78, 5) is 26.2. The normalized spacial score (nSPS) is 14.7. The Morgan fingerprint density at radius 1 is 1.02 bits per heavy atom. The van der Waals surface area contributed by atoms with Crippen molar-refractivity contribution in [2.75, 3.05) is 20.1 Å². The van der Waals surface area contributed by atoms with E-state index in [9.17, 15) is 28.2 Å². The first-order chi connectivity index (χ1) is 19.1. The molecule has 11 nitrogen and oxygen atoms in total. The second-order valence-electron chi connectivity index (χ2n) is 11.6. The maximum atomic E-state index is 13.7. The topological polar surface area (TPSA) is 160 Å². The number of oxime groups is 1. The number of nitrogens with zero attached hydrogens (tertiary/aromatic N) is 3. The third kappa shape index (κ3) is 9.55. The molecule has 0 aliphatic rings. The lowest BCUT2D eigenvalue weighted by atomic mass is 9.85. The predicted molar refractivity (Wildman–Crippen MR) is 157 cm³/mol. The van der Waals surface area contributed by atoms with Crippen LogP contribution >= 0.6 is 0 Å². The van der Waals surface area contributed by atoms with Gasteiger partial charge in [0.15, 0.2) is 0 Å². The van der Waals surface area contributed by atoms with Crippen molar-refractivity contribution in [2.24, 2.45) is 16.5 Å². The molecule has 2 aromatic rings. The zero-order valence-corrected chi connectivity index (χ0v) is 25.2. The first-order valence-corrected chi connectivity index (χ1v) is 14.8. The fourth-order valence-corrected chi connectivity index (χ4v) is 6.25. The van der Waals surface area contributed by atoms with Crippen molar-refractivity contribution < 1.29 is 33.4 Å². The molecule has 226 valence electrons. The van der Waals surface area contributed by atoms with Crippen molar-refractivity contribution >= 4 is 28.2 Å². The molecule has 2 rings (SSSR count). The summed E-state index contributed by atoms with van der Waals surface area (Å²) in [6.07, 6.45) is -1.24. The minimum Gasteiger partial charge on any atom is -0.465 e. The van der Waals surface area contributed by atoms with Crippen LogP contribution in [-0.4, -0.2) is 89.6 Å². The second kappa shape index (κ2) is 14.4. The zero-order chi connectivity index (χ0) is 31.0. The highest BCUT2D eigenvalue weighted by atomic mass is 32.2. The number of aliphatic hydroxyl groups excluding tert-OH is 1. The van der Waals surface area contributed by atoms with Crippen molar-refractivity contribution in [3.05, 3.63) is 65.7 Å². The summed E-state index contributed by atoms with van der Waals surface area (Å²) in [5.74, 6) is -0.670. The molecule has 0 aliphatic carbocycles. The lowest BCUT2D eigenvalue weighted by Crippen LogP contribution is -2.59. The molecule has 0 saturated heterocycles. The molecule has 0 aromatic heterocycles. The van der Waals surface area contributed by atoms with E-state index in [2.05, 4.69) is 10.5 Å². The first-order valence-electron chi connectivity index (χ1n) is 13.3. The third-order valence-corrected chi connectivity index (χ3v) is 8.38. The molecular weight excluding hydrogens is 548 g/mol. The number of likely N-dealkylation sites (N-methyl/N-ethyl adjacent to an activating group) is 1. The largest absolute Gasteiger partial charge is 0.465 e. The molecule has 0 heterocycles. The lowest BCUT2D eigenvalue weighted by molar-refractivity contribution is -0.130. The van der Waals surface area contributed by atoms with Crippen LogP contribution in [-0.2, 0) is 21.2 Å². The van der Waals surface area contributed by atoms with E-state index in [-0.39, 0.29) is 30.3 Å². The molecule has 0 unspecified atom stereocenters. The van der Waals surface area contributed by atoms with Gasteiger partial charge in [-0.3, -0.25) is 9.69 Å². The van der Waals surface area contributed by atoms with Gasteiger partial charge in [-0.1, -0.05) is 82.2 Å². The van der Waals surface area contributed by atoms with Crippen molar-refractivity contribution in [2.45, 2.75) is 64.1 Å². The van der Waals surface area contributed by atoms with E-state index in [1.54, 1.807) is 20.8 Å². The molecule has 0 aliphatic heterocycles. The highest BCUT2D eigenvalue weighted by Crippen LogP contribution is 2.25. The number of aliphatic hydroxyl groups is 1.